The van der Waals surface area contributed by atoms with E-state index in [0.29, 0.717) is 0 Å². The Bertz CT molecular complexity index is 179. The first-order chi connectivity index (χ1) is 4.99. The molecule has 0 bridgehead atoms. The topological polar surface area (TPSA) is 101 Å². The first-order valence-corrected chi connectivity index (χ1v) is 3.15. The summed E-state index contributed by atoms with van der Waals surface area (Å²) < 4.78 is 0. The lowest BCUT2D eigenvalue weighted by Gasteiger charge is -2.19. The van der Waals surface area contributed by atoms with Crippen LogP contribution < -0.4 is 5.73 Å². The zero-order valence-corrected chi connectivity index (χ0v) is 6.20. The summed E-state index contributed by atoms with van der Waals surface area (Å²) in [7, 11) is 0. The molecule has 0 saturated carbocycles. The zero-order chi connectivity index (χ0) is 9.07. The highest BCUT2D eigenvalue weighted by Crippen LogP contribution is 2.07. The van der Waals surface area contributed by atoms with E-state index < -0.39 is 23.9 Å². The van der Waals surface area contributed by atoms with Crippen LogP contribution in [0.3, 0.4) is 0 Å². The van der Waals surface area contributed by atoms with Crippen molar-refractivity contribution in [1.82, 2.24) is 0 Å². The van der Waals surface area contributed by atoms with Crippen LogP contribution in [0.1, 0.15) is 13.3 Å². The lowest BCUT2D eigenvalue weighted by Crippen LogP contribution is -2.55. The van der Waals surface area contributed by atoms with Gasteiger partial charge < -0.3 is 15.9 Å². The average Bonchev–Trinajstić information content (AvgIpc) is 2.01. The van der Waals surface area contributed by atoms with Crippen molar-refractivity contribution in [2.45, 2.75) is 18.9 Å². The molecule has 0 heterocycles. The van der Waals surface area contributed by atoms with Crippen molar-refractivity contribution >= 4 is 11.8 Å². The number of carbonyl (C=O) groups is 2. The second kappa shape index (κ2) is 3.45. The summed E-state index contributed by atoms with van der Waals surface area (Å²) in [5.41, 5.74) is 3.26. The molecule has 1 unspecified atom stereocenters. The van der Waals surface area contributed by atoms with Gasteiger partial charge in [0.05, 0.1) is 0 Å². The van der Waals surface area contributed by atoms with Gasteiger partial charge in [-0.2, -0.15) is 0 Å². The number of hydrogen-bond donors (Lipinski definition) is 3. The first kappa shape index (κ1) is 10.1. The lowest BCUT2D eigenvalue weighted by atomic mass is 9.93. The molecule has 64 valence electrons. The van der Waals surface area contributed by atoms with Gasteiger partial charge >= 0.3 is 5.97 Å². The smallest absolute Gasteiger partial charge is 0.331 e. The molecule has 0 aliphatic heterocycles. The highest BCUT2D eigenvalue weighted by molar-refractivity contribution is 6.07. The van der Waals surface area contributed by atoms with Gasteiger partial charge in [0.15, 0.2) is 11.3 Å². The summed E-state index contributed by atoms with van der Waals surface area (Å²) in [5, 5.41) is 16.8. The number of carboxylic acid groups (broad SMARTS) is 1. The van der Waals surface area contributed by atoms with Crippen molar-refractivity contribution in [3.8, 4) is 0 Å². The Morgan fingerprint density at radius 2 is 2.00 bits per heavy atom. The Morgan fingerprint density at radius 1 is 1.55 bits per heavy atom. The maximum atomic E-state index is 10.8. The number of hydrogen-bond acceptors (Lipinski definition) is 4. The third-order valence-electron chi connectivity index (χ3n) is 1.58. The molecule has 0 aromatic rings. The number of aliphatic hydroxyl groups is 1. The Labute approximate surface area is 63.8 Å². The van der Waals surface area contributed by atoms with Crippen LogP contribution in [0.4, 0.5) is 0 Å². The van der Waals surface area contributed by atoms with E-state index in [2.05, 4.69) is 0 Å². The fourth-order valence-corrected chi connectivity index (χ4v) is 0.609. The minimum Gasteiger partial charge on any atom is -0.480 e. The van der Waals surface area contributed by atoms with Gasteiger partial charge in [-0.3, -0.25) is 4.79 Å². The standard InChI is InChI=1S/C6H11NO4/c1-2-6(7,5(10)11)4(9)3-8/h8H,2-3,7H2,1H3,(H,10,11). The van der Waals surface area contributed by atoms with Gasteiger partial charge in [0.1, 0.15) is 6.61 Å². The molecule has 0 amide bonds. The predicted octanol–water partition coefficient (Wildman–Crippen LogP) is -1.26. The van der Waals surface area contributed by atoms with E-state index in [1.165, 1.54) is 6.92 Å². The Morgan fingerprint density at radius 3 is 2.09 bits per heavy atom. The molecule has 1 atom stereocenters. The summed E-state index contributed by atoms with van der Waals surface area (Å²) >= 11 is 0. The van der Waals surface area contributed by atoms with E-state index in [0.717, 1.165) is 0 Å². The van der Waals surface area contributed by atoms with Crippen LogP contribution in [-0.2, 0) is 9.59 Å². The normalized spacial score (nSPS) is 15.5. The third kappa shape index (κ3) is 1.75. The van der Waals surface area contributed by atoms with Gasteiger partial charge in [0, 0.05) is 0 Å². The third-order valence-corrected chi connectivity index (χ3v) is 1.58. The highest BCUT2D eigenvalue weighted by Gasteiger charge is 2.39. The van der Waals surface area contributed by atoms with Crippen LogP contribution in [0.2, 0.25) is 0 Å². The zero-order valence-electron chi connectivity index (χ0n) is 6.20. The minimum atomic E-state index is -1.92. The fraction of sp³-hybridized carbons (Fsp3) is 0.667. The molecule has 0 aliphatic carbocycles. The maximum absolute atomic E-state index is 10.8. The van der Waals surface area contributed by atoms with Crippen LogP contribution in [0, 0.1) is 0 Å². The summed E-state index contributed by atoms with van der Waals surface area (Å²) in [6.45, 7) is 0.637. The fourth-order valence-electron chi connectivity index (χ4n) is 0.609. The van der Waals surface area contributed by atoms with Crippen molar-refractivity contribution in [1.29, 1.82) is 0 Å². The summed E-state index contributed by atoms with van der Waals surface area (Å²) in [6, 6.07) is 0. The summed E-state index contributed by atoms with van der Waals surface area (Å²) in [6.07, 6.45) is -0.0261. The highest BCUT2D eigenvalue weighted by atomic mass is 16.4. The molecule has 0 aliphatic rings. The molecule has 0 rings (SSSR count). The molecule has 0 saturated heterocycles. The van der Waals surface area contributed by atoms with Crippen LogP contribution in [0.5, 0.6) is 0 Å². The molecule has 11 heavy (non-hydrogen) atoms. The Hall–Kier alpha value is -0.940. The van der Waals surface area contributed by atoms with E-state index in [1.54, 1.807) is 0 Å². The lowest BCUT2D eigenvalue weighted by molar-refractivity contribution is -0.149. The molecule has 0 aromatic carbocycles. The molecule has 5 nitrogen and oxygen atoms in total. The monoisotopic (exact) mass is 161 g/mol. The number of carboxylic acids is 1. The number of aliphatic hydroxyl groups excluding tert-OH is 1. The molecule has 0 radical (unpaired) electrons. The van der Waals surface area contributed by atoms with Crippen LogP contribution in [0.15, 0.2) is 0 Å². The number of aliphatic carboxylic acids is 1. The number of Topliss-reactive ketones (excluding diaryl/α,β-unsaturated/α-hetero) is 1. The van der Waals surface area contributed by atoms with Crippen LogP contribution in [-0.4, -0.2) is 34.1 Å². The number of rotatable bonds is 4. The van der Waals surface area contributed by atoms with E-state index in [9.17, 15) is 9.59 Å². The van der Waals surface area contributed by atoms with E-state index in [1.807, 2.05) is 0 Å². The van der Waals surface area contributed by atoms with Gasteiger partial charge in [-0.05, 0) is 6.42 Å². The SMILES string of the molecule is CCC(N)(C(=O)O)C(=O)CO. The van der Waals surface area contributed by atoms with E-state index in [-0.39, 0.29) is 6.42 Å². The van der Waals surface area contributed by atoms with Gasteiger partial charge in [0.25, 0.3) is 0 Å². The summed E-state index contributed by atoms with van der Waals surface area (Å²) in [4.78, 5) is 21.1. The van der Waals surface area contributed by atoms with E-state index in [4.69, 9.17) is 15.9 Å². The first-order valence-electron chi connectivity index (χ1n) is 3.15. The van der Waals surface area contributed by atoms with Crippen molar-refractivity contribution in [3.05, 3.63) is 0 Å². The quantitative estimate of drug-likeness (QED) is 0.447. The maximum Gasteiger partial charge on any atom is 0.331 e. The molecule has 0 fully saturated rings. The van der Waals surface area contributed by atoms with Crippen molar-refractivity contribution in [2.75, 3.05) is 6.61 Å². The van der Waals surface area contributed by atoms with Crippen molar-refractivity contribution in [3.63, 3.8) is 0 Å². The van der Waals surface area contributed by atoms with Crippen LogP contribution in [0.25, 0.3) is 0 Å². The van der Waals surface area contributed by atoms with Gasteiger partial charge in [-0.15, -0.1) is 0 Å². The average molecular weight is 161 g/mol. The number of ketones is 1. The Balaban J connectivity index is 4.59. The molecule has 0 spiro atoms. The second-order valence-corrected chi connectivity index (χ2v) is 2.21. The predicted molar refractivity (Wildman–Crippen MR) is 36.9 cm³/mol. The Kier molecular flexibility index (Phi) is 3.16. The number of nitrogens with two attached hydrogens (primary N) is 1. The van der Waals surface area contributed by atoms with Gasteiger partial charge in [-0.25, -0.2) is 4.79 Å². The second-order valence-electron chi connectivity index (χ2n) is 2.21. The van der Waals surface area contributed by atoms with Crippen molar-refractivity contribution < 1.29 is 19.8 Å². The molecule has 0 aromatic heterocycles. The van der Waals surface area contributed by atoms with E-state index >= 15 is 0 Å². The molecule has 4 N–H and O–H groups in total. The largest absolute Gasteiger partial charge is 0.480 e. The molecular formula is C6H11NO4. The minimum absolute atomic E-state index is 0.0261. The van der Waals surface area contributed by atoms with Crippen molar-refractivity contribution in [2.24, 2.45) is 5.73 Å². The number of carbonyl (C=O) groups excluding carboxylic acids is 1. The molecule has 5 heteroatoms. The van der Waals surface area contributed by atoms with Gasteiger partial charge in [-0.1, -0.05) is 6.92 Å². The molecular weight excluding hydrogens is 150 g/mol. The summed E-state index contributed by atoms with van der Waals surface area (Å²) in [5.74, 6) is -2.27. The van der Waals surface area contributed by atoms with Gasteiger partial charge in [0.2, 0.25) is 0 Å². The van der Waals surface area contributed by atoms with Crippen LogP contribution >= 0.6 is 0 Å².